The first-order valence-electron chi connectivity index (χ1n) is 7.27. The minimum atomic E-state index is 0.0121. The number of carbonyl (C=O) groups excluding carboxylic acids is 1. The smallest absolute Gasteiger partial charge is 0.250 e. The number of amides is 1. The molecule has 0 saturated heterocycles. The van der Waals surface area contributed by atoms with Crippen molar-refractivity contribution in [3.63, 3.8) is 0 Å². The Bertz CT molecular complexity index is 524. The van der Waals surface area contributed by atoms with Crippen molar-refractivity contribution in [2.24, 2.45) is 11.7 Å². The Morgan fingerprint density at radius 1 is 1.45 bits per heavy atom. The molecule has 110 valence electrons. The predicted octanol–water partition coefficient (Wildman–Crippen LogP) is 0.790. The van der Waals surface area contributed by atoms with Gasteiger partial charge < -0.3 is 15.6 Å². The van der Waals surface area contributed by atoms with Gasteiger partial charge in [0, 0.05) is 36.8 Å². The Morgan fingerprint density at radius 3 is 2.90 bits per heavy atom. The van der Waals surface area contributed by atoms with Crippen molar-refractivity contribution in [3.8, 4) is 0 Å². The minimum Gasteiger partial charge on any atom is -0.356 e. The van der Waals surface area contributed by atoms with Crippen LogP contribution in [0, 0.1) is 12.8 Å². The highest BCUT2D eigenvalue weighted by Crippen LogP contribution is 2.23. The van der Waals surface area contributed by atoms with E-state index in [1.54, 1.807) is 16.7 Å². The molecule has 1 aromatic heterocycles. The topological polar surface area (TPSA) is 77.1 Å². The summed E-state index contributed by atoms with van der Waals surface area (Å²) in [5.74, 6) is 0.182. The largest absolute Gasteiger partial charge is 0.356 e. The van der Waals surface area contributed by atoms with E-state index in [9.17, 15) is 9.59 Å². The Kier molecular flexibility index (Phi) is 4.95. The fraction of sp³-hybridized carbons (Fsp3) is 0.600. The van der Waals surface area contributed by atoms with E-state index in [1.165, 1.54) is 0 Å². The number of aromatic nitrogens is 1. The van der Waals surface area contributed by atoms with Crippen molar-refractivity contribution >= 4 is 5.91 Å². The van der Waals surface area contributed by atoms with Crippen LogP contribution >= 0.6 is 0 Å². The molecule has 3 N–H and O–H groups in total. The molecule has 1 fully saturated rings. The van der Waals surface area contributed by atoms with Gasteiger partial charge in [-0.3, -0.25) is 9.59 Å². The van der Waals surface area contributed by atoms with E-state index >= 15 is 0 Å². The number of pyridine rings is 1. The number of nitrogens with one attached hydrogen (secondary N) is 1. The van der Waals surface area contributed by atoms with Gasteiger partial charge in [-0.25, -0.2) is 0 Å². The van der Waals surface area contributed by atoms with Crippen molar-refractivity contribution in [2.45, 2.75) is 45.2 Å². The fourth-order valence-electron chi connectivity index (χ4n) is 2.76. The Hall–Kier alpha value is -1.62. The summed E-state index contributed by atoms with van der Waals surface area (Å²) in [4.78, 5) is 23.6. The average Bonchev–Trinajstić information content (AvgIpc) is 2.84. The highest BCUT2D eigenvalue weighted by atomic mass is 16.2. The molecule has 2 atom stereocenters. The lowest BCUT2D eigenvalue weighted by Gasteiger charge is -2.12. The maximum absolute atomic E-state index is 11.9. The summed E-state index contributed by atoms with van der Waals surface area (Å²) in [5.41, 5.74) is 6.77. The first-order chi connectivity index (χ1) is 9.58. The second-order valence-electron chi connectivity index (χ2n) is 5.57. The quantitative estimate of drug-likeness (QED) is 0.781. The fourth-order valence-corrected chi connectivity index (χ4v) is 2.76. The lowest BCUT2D eigenvalue weighted by atomic mass is 10.1. The molecular weight excluding hydrogens is 254 g/mol. The number of rotatable bonds is 5. The van der Waals surface area contributed by atoms with Crippen molar-refractivity contribution in [2.75, 3.05) is 6.54 Å². The molecule has 1 aliphatic carbocycles. The maximum Gasteiger partial charge on any atom is 0.250 e. The normalized spacial score (nSPS) is 21.9. The number of hydrogen-bond acceptors (Lipinski definition) is 3. The zero-order valence-corrected chi connectivity index (χ0v) is 12.0. The molecule has 0 radical (unpaired) electrons. The summed E-state index contributed by atoms with van der Waals surface area (Å²) in [5, 5.41) is 2.94. The molecule has 20 heavy (non-hydrogen) atoms. The van der Waals surface area contributed by atoms with Crippen LogP contribution in [0.25, 0.3) is 0 Å². The van der Waals surface area contributed by atoms with Gasteiger partial charge in [0.25, 0.3) is 5.56 Å². The van der Waals surface area contributed by atoms with Gasteiger partial charge in [0.1, 0.15) is 0 Å². The van der Waals surface area contributed by atoms with Gasteiger partial charge in [-0.05, 0) is 38.7 Å². The van der Waals surface area contributed by atoms with E-state index in [0.717, 1.165) is 31.4 Å². The number of nitrogens with zero attached hydrogens (tertiary/aromatic N) is 1. The zero-order valence-electron chi connectivity index (χ0n) is 12.0. The van der Waals surface area contributed by atoms with Crippen LogP contribution in [0.5, 0.6) is 0 Å². The summed E-state index contributed by atoms with van der Waals surface area (Å²) >= 11 is 0. The summed E-state index contributed by atoms with van der Waals surface area (Å²) in [6.45, 7) is 3.15. The number of carbonyl (C=O) groups is 1. The first-order valence-corrected chi connectivity index (χ1v) is 7.27. The summed E-state index contributed by atoms with van der Waals surface area (Å²) in [7, 11) is 0. The maximum atomic E-state index is 11.9. The predicted molar refractivity (Wildman–Crippen MR) is 78.4 cm³/mol. The highest BCUT2D eigenvalue weighted by Gasteiger charge is 2.27. The van der Waals surface area contributed by atoms with Crippen LogP contribution in [-0.2, 0) is 11.3 Å². The van der Waals surface area contributed by atoms with Gasteiger partial charge >= 0.3 is 0 Å². The molecule has 1 aromatic rings. The molecule has 1 heterocycles. The van der Waals surface area contributed by atoms with Crippen LogP contribution in [0.3, 0.4) is 0 Å². The van der Waals surface area contributed by atoms with E-state index < -0.39 is 0 Å². The van der Waals surface area contributed by atoms with Crippen LogP contribution in [0.2, 0.25) is 0 Å². The van der Waals surface area contributed by atoms with Gasteiger partial charge in [-0.2, -0.15) is 0 Å². The molecule has 2 rings (SSSR count). The third kappa shape index (κ3) is 3.70. The van der Waals surface area contributed by atoms with E-state index in [0.29, 0.717) is 13.1 Å². The summed E-state index contributed by atoms with van der Waals surface area (Å²) in [6, 6.07) is 5.42. The molecule has 1 saturated carbocycles. The van der Waals surface area contributed by atoms with Crippen LogP contribution < -0.4 is 16.6 Å². The molecule has 0 spiro atoms. The van der Waals surface area contributed by atoms with E-state index in [-0.39, 0.29) is 23.4 Å². The Labute approximate surface area is 119 Å². The van der Waals surface area contributed by atoms with E-state index in [2.05, 4.69) is 5.32 Å². The molecule has 5 heteroatoms. The third-order valence-electron chi connectivity index (χ3n) is 3.97. The molecule has 5 nitrogen and oxygen atoms in total. The third-order valence-corrected chi connectivity index (χ3v) is 3.97. The lowest BCUT2D eigenvalue weighted by Crippen LogP contribution is -2.32. The van der Waals surface area contributed by atoms with Crippen LogP contribution in [0.15, 0.2) is 23.0 Å². The highest BCUT2D eigenvalue weighted by molar-refractivity contribution is 5.78. The number of aryl methyl sites for hydroxylation is 1. The molecule has 0 aromatic carbocycles. The van der Waals surface area contributed by atoms with Gasteiger partial charge in [0.2, 0.25) is 5.91 Å². The second kappa shape index (κ2) is 6.70. The van der Waals surface area contributed by atoms with Gasteiger partial charge in [-0.15, -0.1) is 0 Å². The van der Waals surface area contributed by atoms with Gasteiger partial charge in [0.05, 0.1) is 0 Å². The Balaban J connectivity index is 1.74. The monoisotopic (exact) mass is 277 g/mol. The van der Waals surface area contributed by atoms with Crippen molar-refractivity contribution in [1.29, 1.82) is 0 Å². The Morgan fingerprint density at radius 2 is 2.25 bits per heavy atom. The van der Waals surface area contributed by atoms with Crippen LogP contribution in [-0.4, -0.2) is 23.1 Å². The van der Waals surface area contributed by atoms with Gasteiger partial charge in [-0.1, -0.05) is 6.07 Å². The molecule has 0 aliphatic heterocycles. The van der Waals surface area contributed by atoms with Crippen molar-refractivity contribution in [1.82, 2.24) is 9.88 Å². The van der Waals surface area contributed by atoms with E-state index in [1.807, 2.05) is 13.0 Å². The first kappa shape index (κ1) is 14.8. The van der Waals surface area contributed by atoms with Gasteiger partial charge in [0.15, 0.2) is 0 Å². The zero-order chi connectivity index (χ0) is 14.5. The van der Waals surface area contributed by atoms with Crippen molar-refractivity contribution in [3.05, 3.63) is 34.2 Å². The standard InChI is InChI=1S/C15H23N3O2/c1-11-4-2-5-14(19)18(11)9-3-8-17-15(20)12-6-7-13(16)10-12/h2,4-5,12-13H,3,6-10,16H2,1H3,(H,17,20). The molecule has 2 unspecified atom stereocenters. The summed E-state index contributed by atoms with van der Waals surface area (Å²) < 4.78 is 1.73. The van der Waals surface area contributed by atoms with Crippen LogP contribution in [0.4, 0.5) is 0 Å². The molecule has 1 amide bonds. The average molecular weight is 277 g/mol. The molecule has 1 aliphatic rings. The minimum absolute atomic E-state index is 0.0121. The second-order valence-corrected chi connectivity index (χ2v) is 5.57. The SMILES string of the molecule is Cc1cccc(=O)n1CCCNC(=O)C1CCC(N)C1. The van der Waals surface area contributed by atoms with Crippen molar-refractivity contribution < 1.29 is 4.79 Å². The number of hydrogen-bond donors (Lipinski definition) is 2. The summed E-state index contributed by atoms with van der Waals surface area (Å²) in [6.07, 6.45) is 3.39. The van der Waals surface area contributed by atoms with E-state index in [4.69, 9.17) is 5.73 Å². The number of nitrogens with two attached hydrogens (primary N) is 1. The van der Waals surface area contributed by atoms with Crippen LogP contribution in [0.1, 0.15) is 31.4 Å². The molecule has 0 bridgehead atoms. The molecular formula is C15H23N3O2. The lowest BCUT2D eigenvalue weighted by molar-refractivity contribution is -0.124.